The third-order valence-corrected chi connectivity index (χ3v) is 3.86. The van der Waals surface area contributed by atoms with Crippen molar-refractivity contribution in [3.05, 3.63) is 28.2 Å². The SMILES string of the molecule is COc1ccc(Br)c(C(=O)C2CCCC2)c1. The van der Waals surface area contributed by atoms with Gasteiger partial charge in [-0.3, -0.25) is 4.79 Å². The zero-order valence-corrected chi connectivity index (χ0v) is 10.9. The highest BCUT2D eigenvalue weighted by molar-refractivity contribution is 9.10. The van der Waals surface area contributed by atoms with Crippen LogP contribution in [0.25, 0.3) is 0 Å². The quantitative estimate of drug-likeness (QED) is 0.788. The molecular formula is C13H15BrO2. The molecule has 0 amide bonds. The van der Waals surface area contributed by atoms with Crippen molar-refractivity contribution >= 4 is 21.7 Å². The smallest absolute Gasteiger partial charge is 0.167 e. The fourth-order valence-corrected chi connectivity index (χ4v) is 2.67. The summed E-state index contributed by atoms with van der Waals surface area (Å²) in [6.45, 7) is 0. The van der Waals surface area contributed by atoms with Crippen LogP contribution in [0.1, 0.15) is 36.0 Å². The highest BCUT2D eigenvalue weighted by Crippen LogP contribution is 2.31. The molecule has 86 valence electrons. The van der Waals surface area contributed by atoms with Gasteiger partial charge in [0.25, 0.3) is 0 Å². The van der Waals surface area contributed by atoms with Crippen LogP contribution in [-0.2, 0) is 0 Å². The first-order valence-corrected chi connectivity index (χ1v) is 6.39. The Morgan fingerprint density at radius 1 is 1.38 bits per heavy atom. The normalized spacial score (nSPS) is 16.4. The van der Waals surface area contributed by atoms with Gasteiger partial charge in [-0.05, 0) is 31.0 Å². The van der Waals surface area contributed by atoms with Crippen molar-refractivity contribution in [2.24, 2.45) is 5.92 Å². The van der Waals surface area contributed by atoms with Crippen molar-refractivity contribution in [2.45, 2.75) is 25.7 Å². The zero-order valence-electron chi connectivity index (χ0n) is 9.33. The van der Waals surface area contributed by atoms with E-state index >= 15 is 0 Å². The maximum atomic E-state index is 12.3. The molecule has 0 radical (unpaired) electrons. The number of benzene rings is 1. The molecule has 2 rings (SSSR count). The number of halogens is 1. The molecule has 1 fully saturated rings. The lowest BCUT2D eigenvalue weighted by atomic mass is 9.96. The first-order chi connectivity index (χ1) is 7.72. The van der Waals surface area contributed by atoms with E-state index in [0.717, 1.165) is 28.6 Å². The summed E-state index contributed by atoms with van der Waals surface area (Å²) in [4.78, 5) is 12.3. The van der Waals surface area contributed by atoms with Crippen molar-refractivity contribution in [1.82, 2.24) is 0 Å². The molecule has 1 aliphatic carbocycles. The van der Waals surface area contributed by atoms with Crippen LogP contribution < -0.4 is 4.74 Å². The van der Waals surface area contributed by atoms with Gasteiger partial charge in [0, 0.05) is 16.0 Å². The van der Waals surface area contributed by atoms with Gasteiger partial charge in [-0.25, -0.2) is 0 Å². The highest BCUT2D eigenvalue weighted by Gasteiger charge is 2.25. The molecule has 0 aliphatic heterocycles. The molecule has 3 heteroatoms. The minimum atomic E-state index is 0.211. The average Bonchev–Trinajstić information content (AvgIpc) is 2.82. The van der Waals surface area contributed by atoms with Crippen LogP contribution in [-0.4, -0.2) is 12.9 Å². The van der Waals surface area contributed by atoms with Crippen LogP contribution in [0.15, 0.2) is 22.7 Å². The standard InChI is InChI=1S/C13H15BrO2/c1-16-10-6-7-12(14)11(8-10)13(15)9-4-2-3-5-9/h6-9H,2-5H2,1H3. The highest BCUT2D eigenvalue weighted by atomic mass is 79.9. The first kappa shape index (κ1) is 11.6. The topological polar surface area (TPSA) is 26.3 Å². The monoisotopic (exact) mass is 282 g/mol. The van der Waals surface area contributed by atoms with Gasteiger partial charge in [0.1, 0.15) is 5.75 Å². The number of carbonyl (C=O) groups is 1. The second kappa shape index (κ2) is 5.00. The summed E-state index contributed by atoms with van der Waals surface area (Å²) in [6, 6.07) is 5.56. The fraction of sp³-hybridized carbons (Fsp3) is 0.462. The van der Waals surface area contributed by atoms with Gasteiger partial charge in [-0.15, -0.1) is 0 Å². The van der Waals surface area contributed by atoms with Crippen molar-refractivity contribution in [1.29, 1.82) is 0 Å². The van der Waals surface area contributed by atoms with Crippen LogP contribution in [0.5, 0.6) is 5.75 Å². The second-order valence-electron chi connectivity index (χ2n) is 4.19. The van der Waals surface area contributed by atoms with Crippen molar-refractivity contribution in [3.63, 3.8) is 0 Å². The Hall–Kier alpha value is -0.830. The molecule has 1 saturated carbocycles. The minimum absolute atomic E-state index is 0.211. The van der Waals surface area contributed by atoms with Gasteiger partial charge in [-0.2, -0.15) is 0 Å². The first-order valence-electron chi connectivity index (χ1n) is 5.60. The van der Waals surface area contributed by atoms with E-state index < -0.39 is 0 Å². The van der Waals surface area contributed by atoms with Crippen LogP contribution >= 0.6 is 15.9 Å². The predicted octanol–water partition coefficient (Wildman–Crippen LogP) is 3.83. The molecule has 2 nitrogen and oxygen atoms in total. The number of methoxy groups -OCH3 is 1. The van der Waals surface area contributed by atoms with E-state index in [0.29, 0.717) is 0 Å². The Bertz CT molecular complexity index is 395. The van der Waals surface area contributed by atoms with E-state index in [1.165, 1.54) is 12.8 Å². The Labute approximate surface area is 104 Å². The van der Waals surface area contributed by atoms with Crippen molar-refractivity contribution in [2.75, 3.05) is 7.11 Å². The van der Waals surface area contributed by atoms with Crippen LogP contribution in [0.3, 0.4) is 0 Å². The summed E-state index contributed by atoms with van der Waals surface area (Å²) in [5.41, 5.74) is 0.756. The number of Topliss-reactive ketones (excluding diaryl/α,β-unsaturated/α-hetero) is 1. The van der Waals surface area contributed by atoms with Crippen LogP contribution in [0, 0.1) is 5.92 Å². The zero-order chi connectivity index (χ0) is 11.5. The Morgan fingerprint density at radius 2 is 2.06 bits per heavy atom. The van der Waals surface area contributed by atoms with Crippen LogP contribution in [0.4, 0.5) is 0 Å². The molecule has 0 saturated heterocycles. The molecule has 16 heavy (non-hydrogen) atoms. The Balaban J connectivity index is 2.27. The summed E-state index contributed by atoms with van der Waals surface area (Å²) in [5.74, 6) is 1.20. The maximum Gasteiger partial charge on any atom is 0.167 e. The van der Waals surface area contributed by atoms with E-state index in [4.69, 9.17) is 4.74 Å². The van der Waals surface area contributed by atoms with Gasteiger partial charge >= 0.3 is 0 Å². The summed E-state index contributed by atoms with van der Waals surface area (Å²) in [5, 5.41) is 0. The number of carbonyl (C=O) groups excluding carboxylic acids is 1. The summed E-state index contributed by atoms with van der Waals surface area (Å²) in [6.07, 6.45) is 4.42. The molecule has 0 heterocycles. The summed E-state index contributed by atoms with van der Waals surface area (Å²) in [7, 11) is 1.62. The van der Waals surface area contributed by atoms with E-state index in [2.05, 4.69) is 15.9 Å². The molecular weight excluding hydrogens is 268 g/mol. The Kier molecular flexibility index (Phi) is 3.64. The maximum absolute atomic E-state index is 12.3. The molecule has 0 aromatic heterocycles. The minimum Gasteiger partial charge on any atom is -0.497 e. The third-order valence-electron chi connectivity index (χ3n) is 3.16. The van der Waals surface area contributed by atoms with Gasteiger partial charge in [0.15, 0.2) is 5.78 Å². The average molecular weight is 283 g/mol. The third kappa shape index (κ3) is 2.29. The summed E-state index contributed by atoms with van der Waals surface area (Å²) >= 11 is 3.43. The largest absolute Gasteiger partial charge is 0.497 e. The molecule has 0 spiro atoms. The number of rotatable bonds is 3. The summed E-state index contributed by atoms with van der Waals surface area (Å²) < 4.78 is 6.02. The number of hydrogen-bond donors (Lipinski definition) is 0. The van der Waals surface area contributed by atoms with Crippen molar-refractivity contribution in [3.8, 4) is 5.75 Å². The molecule has 1 aromatic rings. The van der Waals surface area contributed by atoms with Gasteiger partial charge in [0.2, 0.25) is 0 Å². The lowest BCUT2D eigenvalue weighted by molar-refractivity contribution is 0.0921. The van der Waals surface area contributed by atoms with Crippen LogP contribution in [0.2, 0.25) is 0 Å². The lowest BCUT2D eigenvalue weighted by Crippen LogP contribution is -2.11. The molecule has 0 N–H and O–H groups in total. The fourth-order valence-electron chi connectivity index (χ4n) is 2.23. The van der Waals surface area contributed by atoms with E-state index in [1.54, 1.807) is 7.11 Å². The van der Waals surface area contributed by atoms with Crippen molar-refractivity contribution < 1.29 is 9.53 Å². The number of hydrogen-bond acceptors (Lipinski definition) is 2. The Morgan fingerprint density at radius 3 is 2.69 bits per heavy atom. The van der Waals surface area contributed by atoms with E-state index in [-0.39, 0.29) is 11.7 Å². The number of ether oxygens (including phenoxy) is 1. The van der Waals surface area contributed by atoms with Gasteiger partial charge in [-0.1, -0.05) is 28.8 Å². The lowest BCUT2D eigenvalue weighted by Gasteiger charge is -2.10. The van der Waals surface area contributed by atoms with Gasteiger partial charge in [0.05, 0.1) is 7.11 Å². The molecule has 0 bridgehead atoms. The molecule has 0 atom stereocenters. The van der Waals surface area contributed by atoms with E-state index in [9.17, 15) is 4.79 Å². The molecule has 0 unspecified atom stereocenters. The molecule has 1 aromatic carbocycles. The predicted molar refractivity (Wildman–Crippen MR) is 67.0 cm³/mol. The van der Waals surface area contributed by atoms with Gasteiger partial charge < -0.3 is 4.74 Å². The second-order valence-corrected chi connectivity index (χ2v) is 5.05. The molecule has 1 aliphatic rings. The van der Waals surface area contributed by atoms with E-state index in [1.807, 2.05) is 18.2 Å². The number of ketones is 1.